The summed E-state index contributed by atoms with van der Waals surface area (Å²) in [5.41, 5.74) is 1.02. The van der Waals surface area contributed by atoms with Crippen molar-refractivity contribution in [3.63, 3.8) is 0 Å². The molecule has 1 saturated heterocycles. The van der Waals surface area contributed by atoms with Crippen molar-refractivity contribution in [2.45, 2.75) is 13.5 Å². The molecule has 1 aromatic carbocycles. The van der Waals surface area contributed by atoms with Gasteiger partial charge < -0.3 is 14.6 Å². The van der Waals surface area contributed by atoms with Gasteiger partial charge in [0.2, 0.25) is 0 Å². The highest BCUT2D eigenvalue weighted by molar-refractivity contribution is 6.32. The van der Waals surface area contributed by atoms with E-state index in [1.165, 1.54) is 0 Å². The third-order valence-corrected chi connectivity index (χ3v) is 4.35. The number of nitrogens with zero attached hydrogens (tertiary/aromatic N) is 1. The van der Waals surface area contributed by atoms with Crippen LogP contribution >= 0.6 is 11.6 Å². The zero-order chi connectivity index (χ0) is 15.0. The van der Waals surface area contributed by atoms with Gasteiger partial charge in [-0.15, -0.1) is 0 Å². The third kappa shape index (κ3) is 2.94. The fourth-order valence-electron chi connectivity index (χ4n) is 3.03. The van der Waals surface area contributed by atoms with Crippen LogP contribution in [0.1, 0.15) is 12.5 Å². The maximum atomic E-state index is 11.2. The van der Waals surface area contributed by atoms with Crippen LogP contribution in [0.2, 0.25) is 5.02 Å². The number of fused-ring (bicyclic) bond motifs is 1. The lowest BCUT2D eigenvalue weighted by Gasteiger charge is -2.22. The Morgan fingerprint density at radius 3 is 2.86 bits per heavy atom. The zero-order valence-electron chi connectivity index (χ0n) is 11.8. The summed E-state index contributed by atoms with van der Waals surface area (Å²) in [5, 5.41) is 9.73. The number of halogens is 1. The van der Waals surface area contributed by atoms with Gasteiger partial charge >= 0.3 is 5.97 Å². The number of likely N-dealkylation sites (tertiary alicyclic amines) is 1. The average molecular weight is 312 g/mol. The number of hydrogen-bond acceptors (Lipinski definition) is 4. The molecule has 5 nitrogen and oxygen atoms in total. The van der Waals surface area contributed by atoms with Crippen LogP contribution in [0.5, 0.6) is 11.5 Å². The number of carboxylic acid groups (broad SMARTS) is 1. The van der Waals surface area contributed by atoms with Gasteiger partial charge in [0.25, 0.3) is 0 Å². The first-order chi connectivity index (χ1) is 10.0. The summed E-state index contributed by atoms with van der Waals surface area (Å²) < 4.78 is 11.1. The van der Waals surface area contributed by atoms with Crippen LogP contribution in [0.15, 0.2) is 12.1 Å². The maximum Gasteiger partial charge on any atom is 0.308 e. The van der Waals surface area contributed by atoms with Crippen molar-refractivity contribution in [2.24, 2.45) is 11.8 Å². The van der Waals surface area contributed by atoms with Crippen LogP contribution in [-0.2, 0) is 11.3 Å². The molecule has 0 amide bonds. The molecule has 2 aliphatic heterocycles. The SMILES string of the molecule is CC1CN(Cc2cc(Cl)c3c(c2)OCCO3)CC1C(=O)O. The van der Waals surface area contributed by atoms with Crippen LogP contribution in [0.4, 0.5) is 0 Å². The molecule has 2 aliphatic rings. The molecule has 2 atom stereocenters. The van der Waals surface area contributed by atoms with Crippen molar-refractivity contribution in [1.29, 1.82) is 0 Å². The van der Waals surface area contributed by atoms with E-state index in [4.69, 9.17) is 21.1 Å². The molecule has 1 N–H and O–H groups in total. The molecule has 21 heavy (non-hydrogen) atoms. The zero-order valence-corrected chi connectivity index (χ0v) is 12.6. The maximum absolute atomic E-state index is 11.2. The summed E-state index contributed by atoms with van der Waals surface area (Å²) in [6.45, 7) is 5.04. The number of rotatable bonds is 3. The largest absolute Gasteiger partial charge is 0.486 e. The first-order valence-corrected chi connectivity index (χ1v) is 7.45. The number of hydrogen-bond donors (Lipinski definition) is 1. The van der Waals surface area contributed by atoms with Gasteiger partial charge in [0, 0.05) is 19.6 Å². The Kier molecular flexibility index (Phi) is 3.95. The fraction of sp³-hybridized carbons (Fsp3) is 0.533. The second-order valence-corrected chi connectivity index (χ2v) is 6.13. The Morgan fingerprint density at radius 2 is 2.14 bits per heavy atom. The normalized spacial score (nSPS) is 25.0. The summed E-state index contributed by atoms with van der Waals surface area (Å²) in [6, 6.07) is 3.80. The minimum Gasteiger partial charge on any atom is -0.486 e. The van der Waals surface area contributed by atoms with Gasteiger partial charge in [-0.2, -0.15) is 0 Å². The standard InChI is InChI=1S/C15H18ClNO4/c1-9-6-17(8-11(9)15(18)19)7-10-4-12(16)14-13(5-10)20-2-3-21-14/h4-5,9,11H,2-3,6-8H2,1H3,(H,18,19). The molecule has 0 aromatic heterocycles. The molecule has 6 heteroatoms. The van der Waals surface area contributed by atoms with Crippen LogP contribution in [-0.4, -0.2) is 42.3 Å². The number of ether oxygens (including phenoxy) is 2. The van der Waals surface area contributed by atoms with Gasteiger partial charge in [-0.1, -0.05) is 18.5 Å². The van der Waals surface area contributed by atoms with E-state index >= 15 is 0 Å². The van der Waals surface area contributed by atoms with E-state index < -0.39 is 5.97 Å². The summed E-state index contributed by atoms with van der Waals surface area (Å²) in [6.07, 6.45) is 0. The van der Waals surface area contributed by atoms with Crippen molar-refractivity contribution < 1.29 is 19.4 Å². The molecule has 114 valence electrons. The molecule has 1 fully saturated rings. The molecule has 0 spiro atoms. The number of carbonyl (C=O) groups is 1. The Hall–Kier alpha value is -1.46. The second-order valence-electron chi connectivity index (χ2n) is 5.72. The van der Waals surface area contributed by atoms with E-state index in [0.29, 0.717) is 42.8 Å². The van der Waals surface area contributed by atoms with Gasteiger partial charge in [-0.05, 0) is 23.6 Å². The summed E-state index contributed by atoms with van der Waals surface area (Å²) in [4.78, 5) is 13.3. The molecule has 1 aromatic rings. The molecule has 2 unspecified atom stereocenters. The minimum absolute atomic E-state index is 0.162. The van der Waals surface area contributed by atoms with E-state index in [1.807, 2.05) is 19.1 Å². The highest BCUT2D eigenvalue weighted by Gasteiger charge is 2.34. The first-order valence-electron chi connectivity index (χ1n) is 7.08. The van der Waals surface area contributed by atoms with E-state index in [9.17, 15) is 9.90 Å². The van der Waals surface area contributed by atoms with Crippen LogP contribution in [0, 0.1) is 11.8 Å². The smallest absolute Gasteiger partial charge is 0.308 e. The predicted octanol–water partition coefficient (Wildman–Crippen LogP) is 2.26. The van der Waals surface area contributed by atoms with Crippen molar-refractivity contribution in [3.05, 3.63) is 22.7 Å². The highest BCUT2D eigenvalue weighted by Crippen LogP contribution is 2.39. The molecule has 2 heterocycles. The Morgan fingerprint density at radius 1 is 1.38 bits per heavy atom. The van der Waals surface area contributed by atoms with Gasteiger partial charge in [0.1, 0.15) is 13.2 Å². The van der Waals surface area contributed by atoms with E-state index in [1.54, 1.807) is 0 Å². The van der Waals surface area contributed by atoms with Crippen LogP contribution in [0.25, 0.3) is 0 Å². The Bertz CT molecular complexity index is 563. The monoisotopic (exact) mass is 311 g/mol. The van der Waals surface area contributed by atoms with Crippen molar-refractivity contribution in [2.75, 3.05) is 26.3 Å². The average Bonchev–Trinajstić information content (AvgIpc) is 2.80. The topological polar surface area (TPSA) is 59.0 Å². The molecule has 0 saturated carbocycles. The van der Waals surface area contributed by atoms with Crippen molar-refractivity contribution >= 4 is 17.6 Å². The molecule has 0 aliphatic carbocycles. The number of aliphatic carboxylic acids is 1. The van der Waals surface area contributed by atoms with E-state index in [2.05, 4.69) is 4.90 Å². The summed E-state index contributed by atoms with van der Waals surface area (Å²) in [5.74, 6) is 0.425. The first kappa shape index (κ1) is 14.5. The van der Waals surface area contributed by atoms with Crippen LogP contribution < -0.4 is 9.47 Å². The van der Waals surface area contributed by atoms with E-state index in [0.717, 1.165) is 12.1 Å². The van der Waals surface area contributed by atoms with E-state index in [-0.39, 0.29) is 11.8 Å². The quantitative estimate of drug-likeness (QED) is 0.928. The summed E-state index contributed by atoms with van der Waals surface area (Å²) in [7, 11) is 0. The molecule has 0 radical (unpaired) electrons. The Balaban J connectivity index is 1.74. The lowest BCUT2D eigenvalue weighted by molar-refractivity contribution is -0.142. The lowest BCUT2D eigenvalue weighted by Crippen LogP contribution is -2.23. The third-order valence-electron chi connectivity index (χ3n) is 4.07. The van der Waals surface area contributed by atoms with Gasteiger partial charge in [0.05, 0.1) is 10.9 Å². The summed E-state index contributed by atoms with van der Waals surface area (Å²) >= 11 is 6.22. The van der Waals surface area contributed by atoms with Crippen molar-refractivity contribution in [3.8, 4) is 11.5 Å². The fourth-order valence-corrected chi connectivity index (χ4v) is 3.32. The predicted molar refractivity (Wildman–Crippen MR) is 78.0 cm³/mol. The molecule has 0 bridgehead atoms. The van der Waals surface area contributed by atoms with Crippen LogP contribution in [0.3, 0.4) is 0 Å². The number of benzene rings is 1. The minimum atomic E-state index is -0.717. The second kappa shape index (κ2) is 5.73. The van der Waals surface area contributed by atoms with Gasteiger partial charge in [-0.3, -0.25) is 9.69 Å². The Labute approximate surface area is 128 Å². The van der Waals surface area contributed by atoms with Crippen molar-refractivity contribution in [1.82, 2.24) is 4.90 Å². The molecular weight excluding hydrogens is 294 g/mol. The lowest BCUT2D eigenvalue weighted by atomic mass is 9.99. The highest BCUT2D eigenvalue weighted by atomic mass is 35.5. The van der Waals surface area contributed by atoms with Gasteiger partial charge in [-0.25, -0.2) is 0 Å². The molecule has 3 rings (SSSR count). The molecular formula is C15H18ClNO4. The van der Waals surface area contributed by atoms with Gasteiger partial charge in [0.15, 0.2) is 11.5 Å². The number of carboxylic acids is 1.